The van der Waals surface area contributed by atoms with Crippen LogP contribution in [0.4, 0.5) is 0 Å². The van der Waals surface area contributed by atoms with Gasteiger partial charge in [-0.15, -0.1) is 10.2 Å². The van der Waals surface area contributed by atoms with Crippen molar-refractivity contribution in [2.75, 3.05) is 0 Å². The maximum atomic E-state index is 12.1. The number of hydrogen-bond acceptors (Lipinski definition) is 9. The van der Waals surface area contributed by atoms with Crippen molar-refractivity contribution in [3.8, 4) is 11.4 Å². The molecule has 4 aromatic rings. The molecule has 2 N–H and O–H groups in total. The van der Waals surface area contributed by atoms with Gasteiger partial charge in [0.1, 0.15) is 4.58 Å². The summed E-state index contributed by atoms with van der Waals surface area (Å²) in [5.74, 6) is -0.541. The zero-order valence-corrected chi connectivity index (χ0v) is 15.9. The topological polar surface area (TPSA) is 130 Å². The highest BCUT2D eigenvalue weighted by Crippen LogP contribution is 2.34. The lowest BCUT2D eigenvalue weighted by atomic mass is 10.3. The molecular formula is C16H13N9OS2. The lowest BCUT2D eigenvalue weighted by Gasteiger charge is -2.12. The first-order valence-corrected chi connectivity index (χ1v) is 9.78. The minimum atomic E-state index is -0.734. The summed E-state index contributed by atoms with van der Waals surface area (Å²) in [4.78, 5) is 12.1. The summed E-state index contributed by atoms with van der Waals surface area (Å²) in [5.41, 5.74) is 7.16. The van der Waals surface area contributed by atoms with Crippen molar-refractivity contribution < 1.29 is 4.79 Å². The molecule has 1 amide bonds. The first-order chi connectivity index (χ1) is 13.7. The van der Waals surface area contributed by atoms with Crippen molar-refractivity contribution in [3.05, 3.63) is 60.7 Å². The second kappa shape index (κ2) is 8.19. The van der Waals surface area contributed by atoms with Crippen LogP contribution in [0, 0.1) is 0 Å². The van der Waals surface area contributed by atoms with Crippen LogP contribution in [-0.2, 0) is 4.79 Å². The third kappa shape index (κ3) is 3.87. The smallest absolute Gasteiger partial charge is 0.241 e. The van der Waals surface area contributed by atoms with Gasteiger partial charge in [0.15, 0.2) is 0 Å². The monoisotopic (exact) mass is 411 g/mol. The van der Waals surface area contributed by atoms with E-state index in [4.69, 9.17) is 5.73 Å². The van der Waals surface area contributed by atoms with Crippen LogP contribution < -0.4 is 5.73 Å². The normalized spacial score (nSPS) is 11.0. The van der Waals surface area contributed by atoms with E-state index in [0.717, 1.165) is 34.9 Å². The van der Waals surface area contributed by atoms with Gasteiger partial charge in [-0.3, -0.25) is 4.79 Å². The Balaban J connectivity index is 1.59. The number of hydrogen-bond donors (Lipinski definition) is 1. The van der Waals surface area contributed by atoms with Gasteiger partial charge in [-0.25, -0.2) is 0 Å². The number of amides is 1. The number of nitrogens with zero attached hydrogens (tertiary/aromatic N) is 8. The van der Waals surface area contributed by atoms with Gasteiger partial charge in [0.25, 0.3) is 0 Å². The van der Waals surface area contributed by atoms with Crippen molar-refractivity contribution in [1.82, 2.24) is 40.4 Å². The number of rotatable bonds is 7. The Labute approximate surface area is 167 Å². The molecule has 0 spiro atoms. The number of tetrazole rings is 2. The molecule has 0 radical (unpaired) electrons. The average molecular weight is 411 g/mol. The van der Waals surface area contributed by atoms with Gasteiger partial charge >= 0.3 is 0 Å². The quantitative estimate of drug-likeness (QED) is 0.353. The van der Waals surface area contributed by atoms with Crippen LogP contribution in [0.25, 0.3) is 11.4 Å². The molecule has 0 aliphatic rings. The van der Waals surface area contributed by atoms with Gasteiger partial charge in [-0.2, -0.15) is 9.36 Å². The fourth-order valence-corrected chi connectivity index (χ4v) is 4.27. The summed E-state index contributed by atoms with van der Waals surface area (Å²) >= 11 is 2.27. The van der Waals surface area contributed by atoms with E-state index in [2.05, 4.69) is 31.1 Å². The summed E-state index contributed by atoms with van der Waals surface area (Å²) in [7, 11) is 0. The van der Waals surface area contributed by atoms with Crippen LogP contribution in [0.3, 0.4) is 0 Å². The summed E-state index contributed by atoms with van der Waals surface area (Å²) in [6, 6.07) is 18.7. The molecule has 10 nitrogen and oxygen atoms in total. The molecule has 0 saturated carbocycles. The summed E-state index contributed by atoms with van der Waals surface area (Å²) in [6.07, 6.45) is 0. The summed E-state index contributed by atoms with van der Waals surface area (Å²) in [6.45, 7) is 0. The molecule has 0 fully saturated rings. The SMILES string of the molecule is NC(=O)C(Sc1nnnn1-c1ccccc1)Sc1nnnn1-c1ccccc1. The van der Waals surface area contributed by atoms with Crippen LogP contribution in [0.15, 0.2) is 71.0 Å². The van der Waals surface area contributed by atoms with Crippen molar-refractivity contribution in [2.45, 2.75) is 14.9 Å². The standard InChI is InChI=1S/C16H13N9OS2/c17-13(26)14(27-15-18-20-22-24(15)11-7-3-1-4-8-11)28-16-19-21-23-25(16)12-9-5-2-6-10-12/h1-10,14H,(H2,17,26). The van der Waals surface area contributed by atoms with E-state index in [-0.39, 0.29) is 0 Å². The van der Waals surface area contributed by atoms with Crippen LogP contribution in [0.1, 0.15) is 0 Å². The van der Waals surface area contributed by atoms with E-state index in [1.165, 1.54) is 0 Å². The fraction of sp³-hybridized carbons (Fsp3) is 0.0625. The van der Waals surface area contributed by atoms with E-state index in [1.807, 2.05) is 60.7 Å². The first-order valence-electron chi connectivity index (χ1n) is 8.02. The Morgan fingerprint density at radius 3 is 1.61 bits per heavy atom. The highest BCUT2D eigenvalue weighted by molar-refractivity contribution is 8.18. The molecule has 2 aromatic heterocycles. The second-order valence-electron chi connectivity index (χ2n) is 5.39. The molecule has 4 rings (SSSR count). The Morgan fingerprint density at radius 2 is 1.21 bits per heavy atom. The minimum Gasteiger partial charge on any atom is -0.368 e. The first kappa shape index (κ1) is 18.1. The van der Waals surface area contributed by atoms with Gasteiger partial charge in [-0.05, 0) is 45.1 Å². The van der Waals surface area contributed by atoms with E-state index in [9.17, 15) is 4.79 Å². The highest BCUT2D eigenvalue weighted by atomic mass is 32.2. The molecule has 2 aromatic carbocycles. The van der Waals surface area contributed by atoms with E-state index < -0.39 is 10.5 Å². The predicted octanol–water partition coefficient (Wildman–Crippen LogP) is 1.33. The Kier molecular flexibility index (Phi) is 5.30. The van der Waals surface area contributed by atoms with Crippen LogP contribution >= 0.6 is 23.5 Å². The number of nitrogens with two attached hydrogens (primary N) is 1. The lowest BCUT2D eigenvalue weighted by molar-refractivity contribution is -0.116. The number of para-hydroxylation sites is 2. The van der Waals surface area contributed by atoms with Crippen molar-refractivity contribution >= 4 is 29.4 Å². The molecule has 0 unspecified atom stereocenters. The van der Waals surface area contributed by atoms with Crippen molar-refractivity contribution in [2.24, 2.45) is 5.73 Å². The maximum Gasteiger partial charge on any atom is 0.241 e. The number of carbonyl (C=O) groups is 1. The Bertz CT molecular complexity index is 988. The molecule has 2 heterocycles. The molecule has 0 aliphatic heterocycles. The molecule has 0 aliphatic carbocycles. The molecule has 0 saturated heterocycles. The van der Waals surface area contributed by atoms with Crippen LogP contribution in [0.5, 0.6) is 0 Å². The average Bonchev–Trinajstić information content (AvgIpc) is 3.38. The van der Waals surface area contributed by atoms with Gasteiger partial charge in [0.05, 0.1) is 11.4 Å². The molecule has 0 atom stereocenters. The summed E-state index contributed by atoms with van der Waals surface area (Å²) < 4.78 is 2.35. The van der Waals surface area contributed by atoms with E-state index >= 15 is 0 Å². The number of aromatic nitrogens is 8. The van der Waals surface area contributed by atoms with Gasteiger partial charge in [0.2, 0.25) is 16.2 Å². The van der Waals surface area contributed by atoms with Crippen molar-refractivity contribution in [3.63, 3.8) is 0 Å². The second-order valence-corrected chi connectivity index (χ2v) is 7.83. The number of carbonyl (C=O) groups excluding carboxylic acids is 1. The molecular weight excluding hydrogens is 398 g/mol. The minimum absolute atomic E-state index is 0.432. The van der Waals surface area contributed by atoms with Gasteiger partial charge < -0.3 is 5.73 Å². The van der Waals surface area contributed by atoms with E-state index in [0.29, 0.717) is 10.3 Å². The van der Waals surface area contributed by atoms with Crippen molar-refractivity contribution in [1.29, 1.82) is 0 Å². The zero-order chi connectivity index (χ0) is 19.3. The molecule has 140 valence electrons. The van der Waals surface area contributed by atoms with Crippen LogP contribution in [-0.4, -0.2) is 50.9 Å². The molecule has 28 heavy (non-hydrogen) atoms. The third-order valence-corrected chi connectivity index (χ3v) is 5.94. The van der Waals surface area contributed by atoms with Gasteiger partial charge in [0, 0.05) is 0 Å². The fourth-order valence-electron chi connectivity index (χ4n) is 2.30. The molecule has 0 bridgehead atoms. The highest BCUT2D eigenvalue weighted by Gasteiger charge is 2.25. The maximum absolute atomic E-state index is 12.1. The Morgan fingerprint density at radius 1 is 0.786 bits per heavy atom. The summed E-state index contributed by atoms with van der Waals surface area (Å²) in [5, 5.41) is 24.3. The number of thioether (sulfide) groups is 2. The lowest BCUT2D eigenvalue weighted by Crippen LogP contribution is -2.24. The van der Waals surface area contributed by atoms with Crippen LogP contribution in [0.2, 0.25) is 0 Å². The number of benzene rings is 2. The number of primary amides is 1. The van der Waals surface area contributed by atoms with Gasteiger partial charge in [-0.1, -0.05) is 59.9 Å². The predicted molar refractivity (Wildman–Crippen MR) is 103 cm³/mol. The van der Waals surface area contributed by atoms with E-state index in [1.54, 1.807) is 9.36 Å². The Hall–Kier alpha value is -3.25. The third-order valence-electron chi connectivity index (χ3n) is 3.54. The molecule has 12 heteroatoms. The zero-order valence-electron chi connectivity index (χ0n) is 14.2. The largest absolute Gasteiger partial charge is 0.368 e.